The minimum absolute atomic E-state index is 0.0166. The number of nitrogens with zero attached hydrogens (tertiary/aromatic N) is 3. The number of sulfone groups is 1. The first-order valence-electron chi connectivity index (χ1n) is 15.6. The molecule has 0 aliphatic heterocycles. The zero-order valence-electron chi connectivity index (χ0n) is 25.8. The fraction of sp³-hybridized carbons (Fsp3) is 0.257. The summed E-state index contributed by atoms with van der Waals surface area (Å²) in [5.74, 6) is -0.129. The van der Waals surface area contributed by atoms with Crippen LogP contribution in [0.4, 0.5) is 10.1 Å². The monoisotopic (exact) mass is 651 g/mol. The molecule has 1 amide bonds. The topological polar surface area (TPSA) is 160 Å². The molecule has 0 bridgehead atoms. The first kappa shape index (κ1) is 30.7. The van der Waals surface area contributed by atoms with Crippen molar-refractivity contribution in [1.29, 1.82) is 0 Å². The second kappa shape index (κ2) is 12.3. The van der Waals surface area contributed by atoms with E-state index >= 15 is 0 Å². The SMILES string of the molecule is CS(=O)(=O)C(N)c1cc(F)cc(-c2ccnc3[nH]c(-c4n[nH]c5ccc(-c6cncc(NC(=O)CC7CCCCC7)c6)cc45)cc23)c1. The van der Waals surface area contributed by atoms with E-state index < -0.39 is 21.0 Å². The molecular weight excluding hydrogens is 617 g/mol. The van der Waals surface area contributed by atoms with Crippen molar-refractivity contribution >= 4 is 43.4 Å². The number of carbonyl (C=O) groups excluding carboxylic acids is 1. The lowest BCUT2D eigenvalue weighted by Gasteiger charge is -2.20. The summed E-state index contributed by atoms with van der Waals surface area (Å²) in [7, 11) is -3.64. The van der Waals surface area contributed by atoms with E-state index in [-0.39, 0.29) is 11.5 Å². The van der Waals surface area contributed by atoms with Crippen molar-refractivity contribution in [3.63, 3.8) is 0 Å². The van der Waals surface area contributed by atoms with Crippen LogP contribution in [0.25, 0.3) is 55.6 Å². The number of rotatable bonds is 8. The molecule has 1 unspecified atom stereocenters. The van der Waals surface area contributed by atoms with Crippen molar-refractivity contribution in [3.8, 4) is 33.6 Å². The van der Waals surface area contributed by atoms with Gasteiger partial charge in [0.25, 0.3) is 0 Å². The van der Waals surface area contributed by atoms with Crippen LogP contribution in [-0.2, 0) is 14.6 Å². The Morgan fingerprint density at radius 3 is 2.64 bits per heavy atom. The number of hydrogen-bond acceptors (Lipinski definition) is 7. The largest absolute Gasteiger partial charge is 0.338 e. The van der Waals surface area contributed by atoms with Crippen molar-refractivity contribution in [2.75, 3.05) is 11.6 Å². The number of hydrogen-bond donors (Lipinski definition) is 4. The molecule has 1 saturated carbocycles. The first-order valence-corrected chi connectivity index (χ1v) is 17.5. The van der Waals surface area contributed by atoms with Gasteiger partial charge in [-0.15, -0.1) is 0 Å². The molecule has 10 nitrogen and oxygen atoms in total. The Bertz CT molecular complexity index is 2240. The summed E-state index contributed by atoms with van der Waals surface area (Å²) in [5.41, 5.74) is 12.4. The van der Waals surface area contributed by atoms with Crippen LogP contribution >= 0.6 is 0 Å². The maximum atomic E-state index is 14.7. The molecule has 6 aromatic rings. The van der Waals surface area contributed by atoms with Gasteiger partial charge in [0.05, 0.1) is 23.1 Å². The van der Waals surface area contributed by atoms with Gasteiger partial charge in [0.15, 0.2) is 9.84 Å². The maximum Gasteiger partial charge on any atom is 0.224 e. The maximum absolute atomic E-state index is 14.7. The van der Waals surface area contributed by atoms with Crippen LogP contribution in [0.1, 0.15) is 49.5 Å². The van der Waals surface area contributed by atoms with Crippen LogP contribution in [0.2, 0.25) is 0 Å². The number of amides is 1. The average Bonchev–Trinajstić information content (AvgIpc) is 3.68. The Morgan fingerprint density at radius 1 is 1.00 bits per heavy atom. The lowest BCUT2D eigenvalue weighted by Crippen LogP contribution is -2.20. The van der Waals surface area contributed by atoms with Gasteiger partial charge in [0, 0.05) is 41.4 Å². The molecule has 1 fully saturated rings. The van der Waals surface area contributed by atoms with E-state index in [0.29, 0.717) is 51.6 Å². The highest BCUT2D eigenvalue weighted by Gasteiger charge is 2.21. The molecule has 2 aromatic carbocycles. The van der Waals surface area contributed by atoms with Crippen LogP contribution in [0, 0.1) is 11.7 Å². The Kier molecular flexibility index (Phi) is 8.06. The van der Waals surface area contributed by atoms with E-state index in [4.69, 9.17) is 5.73 Å². The summed E-state index contributed by atoms with van der Waals surface area (Å²) in [6.07, 6.45) is 12.4. The number of fused-ring (bicyclic) bond motifs is 2. The van der Waals surface area contributed by atoms with Crippen molar-refractivity contribution in [2.24, 2.45) is 11.7 Å². The molecule has 47 heavy (non-hydrogen) atoms. The Labute approximate surface area is 270 Å². The van der Waals surface area contributed by atoms with Crippen LogP contribution in [0.5, 0.6) is 0 Å². The number of nitrogens with two attached hydrogens (primary N) is 1. The quantitative estimate of drug-likeness (QED) is 0.139. The third-order valence-corrected chi connectivity index (χ3v) is 10.1. The third-order valence-electron chi connectivity index (χ3n) is 8.92. The van der Waals surface area contributed by atoms with Crippen LogP contribution in [-0.4, -0.2) is 45.7 Å². The zero-order chi connectivity index (χ0) is 32.7. The van der Waals surface area contributed by atoms with Gasteiger partial charge in [-0.25, -0.2) is 17.8 Å². The predicted molar refractivity (Wildman–Crippen MR) is 181 cm³/mol. The fourth-order valence-electron chi connectivity index (χ4n) is 6.52. The molecule has 12 heteroatoms. The summed E-state index contributed by atoms with van der Waals surface area (Å²) in [6.45, 7) is 0. The standard InChI is InChI=1S/C35H34FN7O3S/c1-47(45,46)34(37)23-12-22(13-25(36)14-23)27-9-10-39-35-28(27)17-31(41-35)33-29-16-21(7-8-30(29)42-43-33)24-15-26(19-38-18-24)40-32(44)11-20-5-3-2-4-6-20/h7-10,12-20,34H,2-6,11,37H2,1H3,(H,39,41)(H,40,44)(H,42,43). The zero-order valence-corrected chi connectivity index (χ0v) is 26.6. The molecule has 5 N–H and O–H groups in total. The molecular formula is C35H34FN7O3S. The summed E-state index contributed by atoms with van der Waals surface area (Å²) in [6, 6.07) is 15.6. The van der Waals surface area contributed by atoms with Crippen molar-refractivity contribution in [1.82, 2.24) is 25.1 Å². The summed E-state index contributed by atoms with van der Waals surface area (Å²) < 4.78 is 38.9. The Hall–Kier alpha value is -4.94. The minimum atomic E-state index is -3.64. The molecule has 0 spiro atoms. The highest BCUT2D eigenvalue weighted by Crippen LogP contribution is 2.36. The predicted octanol–water partition coefficient (Wildman–Crippen LogP) is 6.89. The molecule has 240 valence electrons. The van der Waals surface area contributed by atoms with Crippen LogP contribution in [0.15, 0.2) is 73.2 Å². The number of H-pyrrole nitrogens is 2. The lowest BCUT2D eigenvalue weighted by atomic mass is 9.87. The number of carbonyl (C=O) groups is 1. The van der Waals surface area contributed by atoms with Gasteiger partial charge < -0.3 is 16.0 Å². The first-order chi connectivity index (χ1) is 22.6. The van der Waals surface area contributed by atoms with E-state index in [2.05, 4.69) is 30.5 Å². The van der Waals surface area contributed by atoms with E-state index in [1.54, 1.807) is 30.7 Å². The van der Waals surface area contributed by atoms with E-state index in [9.17, 15) is 17.6 Å². The van der Waals surface area contributed by atoms with Crippen molar-refractivity contribution < 1.29 is 17.6 Å². The third kappa shape index (κ3) is 6.38. The Balaban J connectivity index is 1.20. The number of anilines is 1. The van der Waals surface area contributed by atoms with Crippen LogP contribution < -0.4 is 11.1 Å². The van der Waals surface area contributed by atoms with Gasteiger partial charge in [-0.1, -0.05) is 25.3 Å². The summed E-state index contributed by atoms with van der Waals surface area (Å²) in [4.78, 5) is 25.0. The molecule has 7 rings (SSSR count). The molecule has 1 aliphatic carbocycles. The second-order valence-corrected chi connectivity index (χ2v) is 14.5. The molecule has 0 radical (unpaired) electrons. The number of halogens is 1. The molecule has 4 aromatic heterocycles. The second-order valence-electron chi connectivity index (χ2n) is 12.4. The number of aromatic amines is 2. The highest BCUT2D eigenvalue weighted by atomic mass is 32.2. The van der Waals surface area contributed by atoms with Gasteiger partial charge in [0.2, 0.25) is 5.91 Å². The minimum Gasteiger partial charge on any atom is -0.338 e. The normalized spacial score (nSPS) is 14.9. The lowest BCUT2D eigenvalue weighted by molar-refractivity contribution is -0.117. The molecule has 1 aliphatic rings. The van der Waals surface area contributed by atoms with Gasteiger partial charge >= 0.3 is 0 Å². The number of pyridine rings is 2. The van der Waals surface area contributed by atoms with E-state index in [1.165, 1.54) is 25.3 Å². The fourth-order valence-corrected chi connectivity index (χ4v) is 7.15. The number of nitrogens with one attached hydrogen (secondary N) is 3. The number of aromatic nitrogens is 5. The highest BCUT2D eigenvalue weighted by molar-refractivity contribution is 7.90. The number of benzene rings is 2. The molecule has 4 heterocycles. The smallest absolute Gasteiger partial charge is 0.224 e. The molecule has 1 atom stereocenters. The Morgan fingerprint density at radius 2 is 1.83 bits per heavy atom. The van der Waals surface area contributed by atoms with Gasteiger partial charge in [-0.2, -0.15) is 5.10 Å². The summed E-state index contributed by atoms with van der Waals surface area (Å²) >= 11 is 0. The molecule has 0 saturated heterocycles. The van der Waals surface area contributed by atoms with Gasteiger partial charge in [0.1, 0.15) is 22.5 Å². The summed E-state index contributed by atoms with van der Waals surface area (Å²) in [5, 5.41) is 10.9. The van der Waals surface area contributed by atoms with E-state index in [1.807, 2.05) is 30.3 Å². The van der Waals surface area contributed by atoms with Gasteiger partial charge in [-0.3, -0.25) is 14.9 Å². The van der Waals surface area contributed by atoms with Gasteiger partial charge in [-0.05, 0) is 89.5 Å². The van der Waals surface area contributed by atoms with Crippen molar-refractivity contribution in [3.05, 3.63) is 84.6 Å². The van der Waals surface area contributed by atoms with Crippen LogP contribution in [0.3, 0.4) is 0 Å². The van der Waals surface area contributed by atoms with Crippen molar-refractivity contribution in [2.45, 2.75) is 43.9 Å². The van der Waals surface area contributed by atoms with E-state index in [0.717, 1.165) is 47.2 Å². The average molecular weight is 652 g/mol.